The van der Waals surface area contributed by atoms with Gasteiger partial charge in [-0.25, -0.2) is 4.79 Å². The quantitative estimate of drug-likeness (QED) is 0.748. The number of carbonyl (C=O) groups is 1. The molecule has 0 spiro atoms. The fourth-order valence-electron chi connectivity index (χ4n) is 2.82. The average molecular weight is 416 g/mol. The van der Waals surface area contributed by atoms with Crippen LogP contribution in [0.5, 0.6) is 0 Å². The van der Waals surface area contributed by atoms with Crippen LogP contribution < -0.4 is 5.32 Å². The Bertz CT molecular complexity index is 664. The van der Waals surface area contributed by atoms with E-state index in [9.17, 15) is 35.3 Å². The second-order valence-corrected chi connectivity index (χ2v) is 7.83. The summed E-state index contributed by atoms with van der Waals surface area (Å²) in [6, 6.07) is 7.86. The summed E-state index contributed by atoms with van der Waals surface area (Å²) in [5.74, 6) is 0.282. The number of halogens is 6. The van der Waals surface area contributed by atoms with E-state index in [1.165, 1.54) is 0 Å². The minimum absolute atomic E-state index is 0.0398. The molecule has 0 bridgehead atoms. The smallest absolute Gasteiger partial charge is 0.337 e. The molecule has 1 aromatic carbocycles. The van der Waals surface area contributed by atoms with E-state index in [1.54, 1.807) is 30.3 Å². The number of nitrogens with one attached hydrogen (secondary N) is 1. The van der Waals surface area contributed by atoms with Crippen LogP contribution in [0.2, 0.25) is 0 Å². The molecule has 2 amide bonds. The summed E-state index contributed by atoms with van der Waals surface area (Å²) in [5.41, 5.74) is -3.09. The number of amides is 2. The fraction of sp³-hybridized carbons (Fsp3) is 0.562. The van der Waals surface area contributed by atoms with Crippen LogP contribution in [-0.2, 0) is 16.6 Å². The Hall–Kier alpha value is -1.78. The molecule has 152 valence electrons. The molecular weight excluding hydrogens is 398 g/mol. The lowest BCUT2D eigenvalue weighted by atomic mass is 9.85. The lowest BCUT2D eigenvalue weighted by molar-refractivity contribution is -0.334. The Balaban J connectivity index is 1.86. The van der Waals surface area contributed by atoms with Gasteiger partial charge in [-0.05, 0) is 12.0 Å². The molecule has 11 heteroatoms. The average Bonchev–Trinajstić information content (AvgIpc) is 3.02. The normalized spacial score (nSPS) is 18.4. The zero-order valence-corrected chi connectivity index (χ0v) is 14.9. The van der Waals surface area contributed by atoms with Gasteiger partial charge >= 0.3 is 18.4 Å². The fourth-order valence-corrected chi connectivity index (χ4v) is 3.86. The van der Waals surface area contributed by atoms with Crippen molar-refractivity contribution in [1.29, 1.82) is 0 Å². The SMILES string of the molecule is O=C(NCCS(=O)Cc1ccccc1)N1CCC(C(F)(F)F)(C(F)(F)F)C1. The van der Waals surface area contributed by atoms with Crippen LogP contribution >= 0.6 is 0 Å². The van der Waals surface area contributed by atoms with Crippen molar-refractivity contribution in [3.05, 3.63) is 35.9 Å². The molecule has 1 heterocycles. The summed E-state index contributed by atoms with van der Waals surface area (Å²) in [6.45, 7) is -2.24. The van der Waals surface area contributed by atoms with Gasteiger partial charge in [-0.15, -0.1) is 0 Å². The molecule has 1 N–H and O–H groups in total. The zero-order valence-electron chi connectivity index (χ0n) is 14.1. The molecule has 1 unspecified atom stereocenters. The van der Waals surface area contributed by atoms with Gasteiger partial charge in [0.1, 0.15) is 0 Å². The molecule has 0 saturated carbocycles. The lowest BCUT2D eigenvalue weighted by Crippen LogP contribution is -2.53. The second kappa shape index (κ2) is 8.07. The summed E-state index contributed by atoms with van der Waals surface area (Å²) in [7, 11) is -1.33. The second-order valence-electron chi connectivity index (χ2n) is 6.25. The predicted octanol–water partition coefficient (Wildman–Crippen LogP) is 3.46. The Morgan fingerprint density at radius 1 is 1.11 bits per heavy atom. The molecule has 1 aliphatic heterocycles. The minimum atomic E-state index is -5.50. The van der Waals surface area contributed by atoms with Crippen molar-refractivity contribution >= 4 is 16.8 Å². The largest absolute Gasteiger partial charge is 0.404 e. The van der Waals surface area contributed by atoms with Gasteiger partial charge in [0.15, 0.2) is 5.41 Å². The van der Waals surface area contributed by atoms with Gasteiger partial charge in [-0.2, -0.15) is 26.3 Å². The lowest BCUT2D eigenvalue weighted by Gasteiger charge is -2.33. The highest BCUT2D eigenvalue weighted by Gasteiger charge is 2.72. The summed E-state index contributed by atoms with van der Waals surface area (Å²) in [6.07, 6.45) is -12.2. The Labute approximate surface area is 154 Å². The summed E-state index contributed by atoms with van der Waals surface area (Å²) >= 11 is 0. The van der Waals surface area contributed by atoms with E-state index in [0.717, 1.165) is 5.56 Å². The predicted molar refractivity (Wildman–Crippen MR) is 87.3 cm³/mol. The van der Waals surface area contributed by atoms with Gasteiger partial charge < -0.3 is 10.2 Å². The molecule has 27 heavy (non-hydrogen) atoms. The molecule has 0 aromatic heterocycles. The third-order valence-corrected chi connectivity index (χ3v) is 5.73. The summed E-state index contributed by atoms with van der Waals surface area (Å²) in [5, 5.41) is 2.24. The van der Waals surface area contributed by atoms with Gasteiger partial charge in [0.2, 0.25) is 0 Å². The molecule has 1 aliphatic rings. The first-order chi connectivity index (χ1) is 12.5. The standard InChI is InChI=1S/C16H18F6N2O2S/c17-15(18,19)14(16(20,21)22)6-8-24(11-14)13(25)23-7-9-27(26)10-12-4-2-1-3-5-12/h1-5H,6-11H2,(H,23,25). The molecule has 0 radical (unpaired) electrons. The maximum absolute atomic E-state index is 13.0. The first-order valence-corrected chi connectivity index (χ1v) is 9.50. The number of carbonyl (C=O) groups excluding carboxylic acids is 1. The van der Waals surface area contributed by atoms with Crippen molar-refractivity contribution in [2.75, 3.05) is 25.4 Å². The number of hydrogen-bond donors (Lipinski definition) is 1. The maximum Gasteiger partial charge on any atom is 0.404 e. The molecule has 0 aliphatic carbocycles. The maximum atomic E-state index is 13.0. The number of urea groups is 1. The highest BCUT2D eigenvalue weighted by Crippen LogP contribution is 2.55. The van der Waals surface area contributed by atoms with Crippen LogP contribution in [0, 0.1) is 5.41 Å². The van der Waals surface area contributed by atoms with Crippen molar-refractivity contribution in [2.24, 2.45) is 5.41 Å². The number of likely N-dealkylation sites (tertiary alicyclic amines) is 1. The van der Waals surface area contributed by atoms with E-state index < -0.39 is 54.1 Å². The van der Waals surface area contributed by atoms with Crippen LogP contribution in [0.4, 0.5) is 31.1 Å². The third kappa shape index (κ3) is 4.94. The Morgan fingerprint density at radius 3 is 2.22 bits per heavy atom. The van der Waals surface area contributed by atoms with E-state index in [4.69, 9.17) is 0 Å². The number of nitrogens with zero attached hydrogens (tertiary/aromatic N) is 1. The van der Waals surface area contributed by atoms with Crippen molar-refractivity contribution in [3.63, 3.8) is 0 Å². The highest BCUT2D eigenvalue weighted by atomic mass is 32.2. The number of rotatable bonds is 5. The van der Waals surface area contributed by atoms with Crippen LogP contribution in [0.3, 0.4) is 0 Å². The minimum Gasteiger partial charge on any atom is -0.337 e. The molecule has 4 nitrogen and oxygen atoms in total. The van der Waals surface area contributed by atoms with E-state index in [-0.39, 0.29) is 18.1 Å². The third-order valence-electron chi connectivity index (χ3n) is 4.42. The van der Waals surface area contributed by atoms with Crippen LogP contribution in [0.15, 0.2) is 30.3 Å². The monoisotopic (exact) mass is 416 g/mol. The topological polar surface area (TPSA) is 49.4 Å². The first kappa shape index (κ1) is 21.5. The zero-order chi connectivity index (χ0) is 20.3. The van der Waals surface area contributed by atoms with E-state index in [2.05, 4.69) is 5.32 Å². The van der Waals surface area contributed by atoms with Crippen LogP contribution in [-0.4, -0.2) is 52.9 Å². The number of hydrogen-bond acceptors (Lipinski definition) is 2. The number of alkyl halides is 6. The van der Waals surface area contributed by atoms with E-state index in [0.29, 0.717) is 4.90 Å². The summed E-state index contributed by atoms with van der Waals surface area (Å²) in [4.78, 5) is 12.4. The van der Waals surface area contributed by atoms with Crippen molar-refractivity contribution in [1.82, 2.24) is 10.2 Å². The van der Waals surface area contributed by atoms with Gasteiger partial charge in [-0.1, -0.05) is 30.3 Å². The highest BCUT2D eigenvalue weighted by molar-refractivity contribution is 7.84. The van der Waals surface area contributed by atoms with Gasteiger partial charge in [0.25, 0.3) is 0 Å². The molecule has 1 fully saturated rings. The van der Waals surface area contributed by atoms with E-state index >= 15 is 0 Å². The van der Waals surface area contributed by atoms with E-state index in [1.807, 2.05) is 0 Å². The Morgan fingerprint density at radius 2 is 1.70 bits per heavy atom. The molecule has 1 atom stereocenters. The Kier molecular flexibility index (Phi) is 6.43. The molecule has 1 aromatic rings. The summed E-state index contributed by atoms with van der Waals surface area (Å²) < 4.78 is 89.9. The van der Waals surface area contributed by atoms with Crippen LogP contribution in [0.1, 0.15) is 12.0 Å². The van der Waals surface area contributed by atoms with Crippen molar-refractivity contribution in [2.45, 2.75) is 24.5 Å². The number of benzene rings is 1. The molecular formula is C16H18F6N2O2S. The van der Waals surface area contributed by atoms with Gasteiger partial charge in [0, 0.05) is 41.9 Å². The molecule has 2 rings (SSSR count). The van der Waals surface area contributed by atoms with Gasteiger partial charge in [-0.3, -0.25) is 4.21 Å². The first-order valence-electron chi connectivity index (χ1n) is 8.01. The van der Waals surface area contributed by atoms with Gasteiger partial charge in [0.05, 0.1) is 0 Å². The molecule has 1 saturated heterocycles. The van der Waals surface area contributed by atoms with Crippen LogP contribution in [0.25, 0.3) is 0 Å². The van der Waals surface area contributed by atoms with Crippen molar-refractivity contribution < 1.29 is 35.3 Å². The van der Waals surface area contributed by atoms with Crippen molar-refractivity contribution in [3.8, 4) is 0 Å².